The highest BCUT2D eigenvalue weighted by molar-refractivity contribution is 7.17. The van der Waals surface area contributed by atoms with E-state index >= 15 is 0 Å². The van der Waals surface area contributed by atoms with Crippen molar-refractivity contribution < 1.29 is 19.1 Å². The van der Waals surface area contributed by atoms with Gasteiger partial charge in [-0.15, -0.1) is 0 Å². The van der Waals surface area contributed by atoms with Gasteiger partial charge in [-0.1, -0.05) is 23.5 Å². The van der Waals surface area contributed by atoms with Crippen molar-refractivity contribution in [3.05, 3.63) is 58.6 Å². The van der Waals surface area contributed by atoms with Gasteiger partial charge in [-0.05, 0) is 43.7 Å². The number of hydrogen-bond acceptors (Lipinski definition) is 6. The first-order chi connectivity index (χ1) is 14.4. The van der Waals surface area contributed by atoms with Crippen LogP contribution in [0.15, 0.2) is 42.5 Å². The van der Waals surface area contributed by atoms with Gasteiger partial charge in [0, 0.05) is 11.8 Å². The fourth-order valence-electron chi connectivity index (χ4n) is 2.73. The number of thiazole rings is 1. The SMILES string of the molecule is COc1ccc(OC)c(NC(=O)c2sc(NC(=O)Nc3cccc(C)c3)nc2C)c1. The Morgan fingerprint density at radius 1 is 0.967 bits per heavy atom. The van der Waals surface area contributed by atoms with Crippen molar-refractivity contribution in [2.75, 3.05) is 30.2 Å². The number of nitrogens with zero attached hydrogens (tertiary/aromatic N) is 1. The van der Waals surface area contributed by atoms with E-state index in [4.69, 9.17) is 9.47 Å². The zero-order valence-electron chi connectivity index (χ0n) is 17.0. The van der Waals surface area contributed by atoms with Crippen molar-refractivity contribution in [3.63, 3.8) is 0 Å². The summed E-state index contributed by atoms with van der Waals surface area (Å²) in [5.74, 6) is 0.730. The topological polar surface area (TPSA) is 102 Å². The summed E-state index contributed by atoms with van der Waals surface area (Å²) >= 11 is 1.09. The van der Waals surface area contributed by atoms with Crippen LogP contribution in [0.4, 0.5) is 21.3 Å². The average Bonchev–Trinajstić information content (AvgIpc) is 3.07. The second-order valence-electron chi connectivity index (χ2n) is 6.40. The van der Waals surface area contributed by atoms with E-state index in [1.807, 2.05) is 25.1 Å². The number of hydrogen-bond donors (Lipinski definition) is 3. The number of aromatic nitrogens is 1. The first kappa shape index (κ1) is 21.1. The van der Waals surface area contributed by atoms with Crippen LogP contribution in [-0.4, -0.2) is 31.1 Å². The van der Waals surface area contributed by atoms with Gasteiger partial charge in [-0.25, -0.2) is 9.78 Å². The maximum atomic E-state index is 12.8. The molecule has 0 unspecified atom stereocenters. The van der Waals surface area contributed by atoms with E-state index in [0.717, 1.165) is 16.9 Å². The van der Waals surface area contributed by atoms with Gasteiger partial charge in [0.05, 0.1) is 25.6 Å². The number of rotatable bonds is 6. The fraction of sp³-hybridized carbons (Fsp3) is 0.190. The van der Waals surface area contributed by atoms with Gasteiger partial charge in [-0.3, -0.25) is 10.1 Å². The molecule has 0 aliphatic rings. The smallest absolute Gasteiger partial charge is 0.325 e. The van der Waals surface area contributed by atoms with Crippen LogP contribution in [-0.2, 0) is 0 Å². The van der Waals surface area contributed by atoms with Gasteiger partial charge in [0.1, 0.15) is 16.4 Å². The van der Waals surface area contributed by atoms with Crippen molar-refractivity contribution in [3.8, 4) is 11.5 Å². The third-order valence-corrected chi connectivity index (χ3v) is 5.23. The van der Waals surface area contributed by atoms with Crippen molar-refractivity contribution in [2.24, 2.45) is 0 Å². The Morgan fingerprint density at radius 3 is 2.47 bits per heavy atom. The monoisotopic (exact) mass is 426 g/mol. The molecule has 0 saturated heterocycles. The van der Waals surface area contributed by atoms with Crippen LogP contribution in [0, 0.1) is 13.8 Å². The molecule has 2 aromatic carbocycles. The molecule has 3 amide bonds. The van der Waals surface area contributed by atoms with E-state index in [0.29, 0.717) is 38.6 Å². The molecular formula is C21H22N4O4S. The van der Waals surface area contributed by atoms with E-state index in [1.54, 1.807) is 38.3 Å². The summed E-state index contributed by atoms with van der Waals surface area (Å²) in [6, 6.07) is 12.1. The Hall–Kier alpha value is -3.59. The van der Waals surface area contributed by atoms with Gasteiger partial charge < -0.3 is 20.1 Å². The molecule has 0 atom stereocenters. The van der Waals surface area contributed by atoms with Crippen LogP contribution < -0.4 is 25.4 Å². The molecule has 30 heavy (non-hydrogen) atoms. The molecule has 156 valence electrons. The number of anilines is 3. The van der Waals surface area contributed by atoms with Crippen molar-refractivity contribution >= 4 is 39.8 Å². The average molecular weight is 426 g/mol. The minimum atomic E-state index is -0.434. The van der Waals surface area contributed by atoms with Gasteiger partial charge in [0.25, 0.3) is 5.91 Å². The summed E-state index contributed by atoms with van der Waals surface area (Å²) in [5.41, 5.74) is 2.68. The largest absolute Gasteiger partial charge is 0.497 e. The van der Waals surface area contributed by atoms with Gasteiger partial charge >= 0.3 is 6.03 Å². The summed E-state index contributed by atoms with van der Waals surface area (Å²) in [6.45, 7) is 3.65. The summed E-state index contributed by atoms with van der Waals surface area (Å²) in [7, 11) is 3.06. The quantitative estimate of drug-likeness (QED) is 0.531. The molecule has 0 bridgehead atoms. The second-order valence-corrected chi connectivity index (χ2v) is 7.40. The molecule has 9 heteroatoms. The first-order valence-corrected chi connectivity index (χ1v) is 9.86. The number of urea groups is 1. The normalized spacial score (nSPS) is 10.3. The highest BCUT2D eigenvalue weighted by atomic mass is 32.1. The van der Waals surface area contributed by atoms with Crippen LogP contribution in [0.3, 0.4) is 0 Å². The van der Waals surface area contributed by atoms with Crippen LogP contribution >= 0.6 is 11.3 Å². The van der Waals surface area contributed by atoms with Gasteiger partial charge in [0.15, 0.2) is 5.13 Å². The molecule has 0 radical (unpaired) electrons. The molecule has 3 aromatic rings. The Bertz CT molecular complexity index is 1080. The Balaban J connectivity index is 1.71. The van der Waals surface area contributed by atoms with Gasteiger partial charge in [-0.2, -0.15) is 0 Å². The molecule has 0 aliphatic heterocycles. The van der Waals surface area contributed by atoms with Crippen LogP contribution in [0.1, 0.15) is 20.9 Å². The lowest BCUT2D eigenvalue weighted by atomic mass is 10.2. The number of aryl methyl sites for hydroxylation is 2. The number of carbonyl (C=O) groups is 2. The van der Waals surface area contributed by atoms with Crippen LogP contribution in [0.25, 0.3) is 0 Å². The maximum absolute atomic E-state index is 12.8. The summed E-state index contributed by atoms with van der Waals surface area (Å²) in [5, 5.41) is 8.53. The summed E-state index contributed by atoms with van der Waals surface area (Å²) in [4.78, 5) is 29.7. The lowest BCUT2D eigenvalue weighted by Crippen LogP contribution is -2.19. The zero-order valence-corrected chi connectivity index (χ0v) is 17.8. The van der Waals surface area contributed by atoms with E-state index < -0.39 is 6.03 Å². The highest BCUT2D eigenvalue weighted by Crippen LogP contribution is 2.31. The number of ether oxygens (including phenoxy) is 2. The summed E-state index contributed by atoms with van der Waals surface area (Å²) < 4.78 is 10.5. The lowest BCUT2D eigenvalue weighted by Gasteiger charge is -2.11. The lowest BCUT2D eigenvalue weighted by molar-refractivity contribution is 0.102. The molecule has 0 spiro atoms. The molecule has 8 nitrogen and oxygen atoms in total. The van der Waals surface area contributed by atoms with Crippen molar-refractivity contribution in [2.45, 2.75) is 13.8 Å². The second kappa shape index (κ2) is 9.27. The highest BCUT2D eigenvalue weighted by Gasteiger charge is 2.18. The Morgan fingerprint density at radius 2 is 1.77 bits per heavy atom. The minimum absolute atomic E-state index is 0.320. The third-order valence-electron chi connectivity index (χ3n) is 4.15. The van der Waals surface area contributed by atoms with Crippen LogP contribution in [0.5, 0.6) is 11.5 Å². The molecule has 0 fully saturated rings. The Labute approximate surface area is 178 Å². The predicted octanol–water partition coefficient (Wildman–Crippen LogP) is 4.67. The molecule has 3 N–H and O–H groups in total. The van der Waals surface area contributed by atoms with E-state index in [2.05, 4.69) is 20.9 Å². The zero-order chi connectivity index (χ0) is 21.7. The first-order valence-electron chi connectivity index (χ1n) is 9.05. The standard InChI is InChI=1S/C21H22N4O4S/c1-12-6-5-7-14(10-12)23-20(27)25-21-22-13(2)18(30-21)19(26)24-16-11-15(28-3)8-9-17(16)29-4/h5-11H,1-4H3,(H,24,26)(H2,22,23,25,27). The number of amides is 3. The molecule has 0 aliphatic carbocycles. The van der Waals surface area contributed by atoms with Gasteiger partial charge in [0.2, 0.25) is 0 Å². The molecule has 0 saturated carbocycles. The minimum Gasteiger partial charge on any atom is -0.497 e. The van der Waals surface area contributed by atoms with E-state index in [-0.39, 0.29) is 5.91 Å². The number of benzene rings is 2. The maximum Gasteiger partial charge on any atom is 0.325 e. The Kier molecular flexibility index (Phi) is 6.53. The van der Waals surface area contributed by atoms with Crippen molar-refractivity contribution in [1.82, 2.24) is 4.98 Å². The summed E-state index contributed by atoms with van der Waals surface area (Å²) in [6.07, 6.45) is 0. The molecule has 1 heterocycles. The van der Waals surface area contributed by atoms with E-state index in [1.165, 1.54) is 7.11 Å². The van der Waals surface area contributed by atoms with Crippen LogP contribution in [0.2, 0.25) is 0 Å². The molecular weight excluding hydrogens is 404 g/mol. The number of nitrogens with one attached hydrogen (secondary N) is 3. The molecule has 3 rings (SSSR count). The molecule has 1 aromatic heterocycles. The third kappa shape index (κ3) is 5.06. The van der Waals surface area contributed by atoms with Crippen molar-refractivity contribution in [1.29, 1.82) is 0 Å². The number of carbonyl (C=O) groups excluding carboxylic acids is 2. The van der Waals surface area contributed by atoms with E-state index in [9.17, 15) is 9.59 Å². The predicted molar refractivity (Wildman–Crippen MR) is 118 cm³/mol. The fourth-order valence-corrected chi connectivity index (χ4v) is 3.59. The number of methoxy groups -OCH3 is 2.